The van der Waals surface area contributed by atoms with Gasteiger partial charge in [0.05, 0.1) is 5.56 Å². The number of carbonyl (C=O) groups excluding carboxylic acids is 2. The number of piperidine rings is 1. The van der Waals surface area contributed by atoms with Crippen LogP contribution in [0.5, 0.6) is 0 Å². The van der Waals surface area contributed by atoms with Gasteiger partial charge in [-0.05, 0) is 37.5 Å². The van der Waals surface area contributed by atoms with Gasteiger partial charge < -0.3 is 10.1 Å². The summed E-state index contributed by atoms with van der Waals surface area (Å²) in [5, 5.41) is 2.55. The van der Waals surface area contributed by atoms with E-state index in [1.54, 1.807) is 0 Å². The minimum Gasteiger partial charge on any atom is -0.452 e. The first kappa shape index (κ1) is 20.3. The second-order valence-corrected chi connectivity index (χ2v) is 7.94. The van der Waals surface area contributed by atoms with E-state index in [1.807, 2.05) is 6.92 Å². The molecule has 144 valence electrons. The Morgan fingerprint density at radius 2 is 1.92 bits per heavy atom. The fourth-order valence-corrected chi connectivity index (χ4v) is 4.21. The summed E-state index contributed by atoms with van der Waals surface area (Å²) < 4.78 is 45.5. The summed E-state index contributed by atoms with van der Waals surface area (Å²) in [6.45, 7) is 2.52. The normalized spacial score (nSPS) is 15.5. The van der Waals surface area contributed by atoms with E-state index in [4.69, 9.17) is 4.74 Å². The molecule has 1 heterocycles. The lowest BCUT2D eigenvalue weighted by molar-refractivity contribution is -0.124. The first-order valence-corrected chi connectivity index (χ1v) is 10.0. The Kier molecular flexibility index (Phi) is 7.10. The number of hydrogen-bond donors (Lipinski definition) is 1. The molecule has 0 radical (unpaired) electrons. The van der Waals surface area contributed by atoms with Crippen LogP contribution in [-0.4, -0.2) is 50.8 Å². The molecule has 1 aromatic rings. The Bertz CT molecular complexity index is 760. The summed E-state index contributed by atoms with van der Waals surface area (Å²) in [6.07, 6.45) is 3.11. The maximum Gasteiger partial charge on any atom is 0.338 e. The third-order valence-corrected chi connectivity index (χ3v) is 5.92. The molecular weight excluding hydrogens is 363 g/mol. The number of hydrogen-bond acceptors (Lipinski definition) is 5. The molecule has 7 nitrogen and oxygen atoms in total. The zero-order valence-electron chi connectivity index (χ0n) is 14.7. The van der Waals surface area contributed by atoms with Gasteiger partial charge in [-0.15, -0.1) is 0 Å². The van der Waals surface area contributed by atoms with Crippen molar-refractivity contribution in [2.24, 2.45) is 0 Å². The third kappa shape index (κ3) is 5.01. The van der Waals surface area contributed by atoms with Crippen LogP contribution in [-0.2, 0) is 19.6 Å². The van der Waals surface area contributed by atoms with Crippen molar-refractivity contribution in [1.29, 1.82) is 0 Å². The van der Waals surface area contributed by atoms with Gasteiger partial charge in [-0.1, -0.05) is 13.3 Å². The van der Waals surface area contributed by atoms with Gasteiger partial charge in [0.2, 0.25) is 10.0 Å². The number of carbonyl (C=O) groups is 2. The van der Waals surface area contributed by atoms with Crippen molar-refractivity contribution < 1.29 is 27.1 Å². The van der Waals surface area contributed by atoms with Gasteiger partial charge in [0.15, 0.2) is 6.61 Å². The van der Waals surface area contributed by atoms with Crippen LogP contribution in [0.4, 0.5) is 4.39 Å². The molecule has 1 saturated heterocycles. The molecule has 9 heteroatoms. The smallest absolute Gasteiger partial charge is 0.338 e. The Labute approximate surface area is 152 Å². The van der Waals surface area contributed by atoms with E-state index in [0.29, 0.717) is 19.6 Å². The van der Waals surface area contributed by atoms with Crippen molar-refractivity contribution in [1.82, 2.24) is 9.62 Å². The van der Waals surface area contributed by atoms with Gasteiger partial charge in [0, 0.05) is 19.6 Å². The lowest BCUT2D eigenvalue weighted by Gasteiger charge is -2.26. The van der Waals surface area contributed by atoms with E-state index in [9.17, 15) is 22.4 Å². The Balaban J connectivity index is 2.13. The third-order valence-electron chi connectivity index (χ3n) is 4.01. The summed E-state index contributed by atoms with van der Waals surface area (Å²) in [5.74, 6) is -2.26. The summed E-state index contributed by atoms with van der Waals surface area (Å²) >= 11 is 0. The van der Waals surface area contributed by atoms with Crippen LogP contribution in [0, 0.1) is 5.82 Å². The van der Waals surface area contributed by atoms with Crippen molar-refractivity contribution in [2.75, 3.05) is 26.2 Å². The molecule has 0 atom stereocenters. The zero-order chi connectivity index (χ0) is 19.2. The van der Waals surface area contributed by atoms with Crippen LogP contribution in [0.2, 0.25) is 0 Å². The molecule has 0 aliphatic carbocycles. The lowest BCUT2D eigenvalue weighted by atomic mass is 10.2. The molecule has 0 aromatic heterocycles. The van der Waals surface area contributed by atoms with Crippen molar-refractivity contribution in [3.63, 3.8) is 0 Å². The predicted molar refractivity (Wildman–Crippen MR) is 92.6 cm³/mol. The highest BCUT2D eigenvalue weighted by Crippen LogP contribution is 2.24. The molecule has 1 aliphatic heterocycles. The van der Waals surface area contributed by atoms with Crippen molar-refractivity contribution in [2.45, 2.75) is 37.5 Å². The van der Waals surface area contributed by atoms with Crippen LogP contribution in [0.1, 0.15) is 43.0 Å². The van der Waals surface area contributed by atoms with Gasteiger partial charge in [-0.25, -0.2) is 17.6 Å². The number of esters is 1. The number of amides is 1. The molecule has 0 bridgehead atoms. The molecule has 1 aliphatic rings. The summed E-state index contributed by atoms with van der Waals surface area (Å²) in [7, 11) is -4.02. The first-order valence-electron chi connectivity index (χ1n) is 8.59. The molecule has 1 amide bonds. The average Bonchev–Trinajstić information content (AvgIpc) is 2.65. The minimum atomic E-state index is -4.02. The second kappa shape index (κ2) is 9.09. The Morgan fingerprint density at radius 1 is 1.23 bits per heavy atom. The predicted octanol–water partition coefficient (Wildman–Crippen LogP) is 1.68. The number of halogens is 1. The maximum absolute atomic E-state index is 14.1. The maximum atomic E-state index is 14.1. The highest BCUT2D eigenvalue weighted by atomic mass is 32.2. The molecule has 1 N–H and O–H groups in total. The van der Waals surface area contributed by atoms with Crippen molar-refractivity contribution in [3.05, 3.63) is 29.6 Å². The lowest BCUT2D eigenvalue weighted by Crippen LogP contribution is -2.36. The van der Waals surface area contributed by atoms with E-state index in [1.165, 1.54) is 4.31 Å². The summed E-state index contributed by atoms with van der Waals surface area (Å²) in [6, 6.07) is 3.02. The van der Waals surface area contributed by atoms with Crippen LogP contribution in [0.15, 0.2) is 23.1 Å². The molecule has 2 rings (SSSR count). The van der Waals surface area contributed by atoms with Gasteiger partial charge >= 0.3 is 5.97 Å². The second-order valence-electron chi connectivity index (χ2n) is 6.04. The molecule has 0 spiro atoms. The number of ether oxygens (including phenoxy) is 1. The van der Waals surface area contributed by atoms with Gasteiger partial charge in [-0.2, -0.15) is 4.31 Å². The quantitative estimate of drug-likeness (QED) is 0.720. The van der Waals surface area contributed by atoms with E-state index >= 15 is 0 Å². The number of benzene rings is 1. The molecule has 0 unspecified atom stereocenters. The fraction of sp³-hybridized carbons (Fsp3) is 0.529. The topological polar surface area (TPSA) is 92.8 Å². The number of nitrogens with one attached hydrogen (secondary N) is 1. The van der Waals surface area contributed by atoms with Crippen LogP contribution in [0.25, 0.3) is 0 Å². The number of sulfonamides is 1. The van der Waals surface area contributed by atoms with Gasteiger partial charge in [-0.3, -0.25) is 4.79 Å². The summed E-state index contributed by atoms with van der Waals surface area (Å²) in [5.41, 5.74) is -0.120. The van der Waals surface area contributed by atoms with E-state index in [2.05, 4.69) is 5.32 Å². The highest BCUT2D eigenvalue weighted by Gasteiger charge is 2.29. The van der Waals surface area contributed by atoms with E-state index in [0.717, 1.165) is 43.9 Å². The Morgan fingerprint density at radius 3 is 2.58 bits per heavy atom. The van der Waals surface area contributed by atoms with E-state index < -0.39 is 39.2 Å². The Hall–Kier alpha value is -2.00. The monoisotopic (exact) mass is 386 g/mol. The SMILES string of the molecule is CCCNC(=O)COC(=O)c1ccc(F)c(S(=O)(=O)N2CCCCC2)c1. The summed E-state index contributed by atoms with van der Waals surface area (Å²) in [4.78, 5) is 23.0. The molecular formula is C17H23FN2O5S. The average molecular weight is 386 g/mol. The largest absolute Gasteiger partial charge is 0.452 e. The van der Waals surface area contributed by atoms with Crippen LogP contribution < -0.4 is 5.32 Å². The van der Waals surface area contributed by atoms with E-state index in [-0.39, 0.29) is 5.56 Å². The highest BCUT2D eigenvalue weighted by molar-refractivity contribution is 7.89. The molecule has 1 aromatic carbocycles. The molecule has 1 fully saturated rings. The minimum absolute atomic E-state index is 0.120. The molecule has 0 saturated carbocycles. The van der Waals surface area contributed by atoms with Crippen molar-refractivity contribution >= 4 is 21.9 Å². The number of rotatable bonds is 7. The van der Waals surface area contributed by atoms with Crippen molar-refractivity contribution in [3.8, 4) is 0 Å². The van der Waals surface area contributed by atoms with Crippen LogP contribution >= 0.6 is 0 Å². The fourth-order valence-electron chi connectivity index (χ4n) is 2.60. The zero-order valence-corrected chi connectivity index (χ0v) is 15.5. The first-order chi connectivity index (χ1) is 12.4. The van der Waals surface area contributed by atoms with Crippen LogP contribution in [0.3, 0.4) is 0 Å². The molecule has 26 heavy (non-hydrogen) atoms. The number of nitrogens with zero attached hydrogens (tertiary/aromatic N) is 1. The standard InChI is InChI=1S/C17H23FN2O5S/c1-2-8-19-16(21)12-25-17(22)13-6-7-14(18)15(11-13)26(23,24)20-9-4-3-5-10-20/h6-7,11H,2-5,8-10,12H2,1H3,(H,19,21). The van der Waals surface area contributed by atoms with Gasteiger partial charge in [0.1, 0.15) is 10.7 Å². The van der Waals surface area contributed by atoms with Gasteiger partial charge in [0.25, 0.3) is 5.91 Å².